The minimum Gasteiger partial charge on any atom is -0.480 e. The fourth-order valence-corrected chi connectivity index (χ4v) is 2.57. The van der Waals surface area contributed by atoms with Crippen molar-refractivity contribution in [3.05, 3.63) is 22.4 Å². The summed E-state index contributed by atoms with van der Waals surface area (Å²) in [6.45, 7) is 0.340. The van der Waals surface area contributed by atoms with E-state index in [1.54, 1.807) is 17.5 Å². The van der Waals surface area contributed by atoms with Gasteiger partial charge in [-0.3, -0.25) is 9.59 Å². The summed E-state index contributed by atoms with van der Waals surface area (Å²) in [4.78, 5) is 36.1. The molecule has 1 aliphatic rings. The first-order valence-electron chi connectivity index (χ1n) is 5.23. The molecule has 0 bridgehead atoms. The number of carboxylic acids is 1. The summed E-state index contributed by atoms with van der Waals surface area (Å²) in [5.74, 6) is -2.37. The van der Waals surface area contributed by atoms with Gasteiger partial charge in [-0.05, 0) is 24.3 Å². The van der Waals surface area contributed by atoms with Gasteiger partial charge < -0.3 is 10.0 Å². The lowest BCUT2D eigenvalue weighted by Crippen LogP contribution is -2.43. The van der Waals surface area contributed by atoms with Crippen LogP contribution in [0.15, 0.2) is 17.5 Å². The number of carbonyl (C=O) groups excluding carboxylic acids is 2. The van der Waals surface area contributed by atoms with Gasteiger partial charge in [0.05, 0.1) is 4.88 Å². The van der Waals surface area contributed by atoms with Gasteiger partial charge in [0.15, 0.2) is 0 Å². The molecule has 1 fully saturated rings. The molecule has 0 saturated carbocycles. The first-order chi connectivity index (χ1) is 8.11. The minimum absolute atomic E-state index is 0.340. The third-order valence-electron chi connectivity index (χ3n) is 2.74. The highest BCUT2D eigenvalue weighted by atomic mass is 32.1. The molecule has 1 aliphatic heterocycles. The van der Waals surface area contributed by atoms with E-state index >= 15 is 0 Å². The number of likely N-dealkylation sites (tertiary alicyclic amines) is 1. The summed E-state index contributed by atoms with van der Waals surface area (Å²) in [7, 11) is 0. The highest BCUT2D eigenvalue weighted by Gasteiger charge is 2.37. The Kier molecular flexibility index (Phi) is 3.23. The van der Waals surface area contributed by atoms with Crippen molar-refractivity contribution < 1.29 is 19.5 Å². The summed E-state index contributed by atoms with van der Waals surface area (Å²) in [6.07, 6.45) is 1.04. The standard InChI is InChI=1S/C11H11NO4S/c13-9(8-4-2-6-17-8)10(14)12-5-1-3-7(12)11(15)16/h2,4,6-7H,1,3,5H2,(H,15,16)/t7-/m0/s1. The number of carbonyl (C=O) groups is 3. The van der Waals surface area contributed by atoms with E-state index in [-0.39, 0.29) is 0 Å². The fraction of sp³-hybridized carbons (Fsp3) is 0.364. The quantitative estimate of drug-likeness (QED) is 0.644. The van der Waals surface area contributed by atoms with E-state index in [9.17, 15) is 14.4 Å². The summed E-state index contributed by atoms with van der Waals surface area (Å²) in [5.41, 5.74) is 0. The molecule has 2 heterocycles. The van der Waals surface area contributed by atoms with Crippen LogP contribution in [0.5, 0.6) is 0 Å². The zero-order chi connectivity index (χ0) is 12.4. The number of carboxylic acid groups (broad SMARTS) is 1. The fourth-order valence-electron chi connectivity index (χ4n) is 1.91. The second-order valence-corrected chi connectivity index (χ2v) is 4.75. The Morgan fingerprint density at radius 3 is 2.76 bits per heavy atom. The zero-order valence-corrected chi connectivity index (χ0v) is 9.77. The van der Waals surface area contributed by atoms with E-state index in [0.717, 1.165) is 4.90 Å². The molecular weight excluding hydrogens is 242 g/mol. The van der Waals surface area contributed by atoms with Gasteiger partial charge in [0.25, 0.3) is 11.7 Å². The van der Waals surface area contributed by atoms with Crippen molar-refractivity contribution in [2.75, 3.05) is 6.54 Å². The molecule has 0 aliphatic carbocycles. The summed E-state index contributed by atoms with van der Waals surface area (Å²) >= 11 is 1.18. The highest BCUT2D eigenvalue weighted by molar-refractivity contribution is 7.13. The third-order valence-corrected chi connectivity index (χ3v) is 3.61. The molecule has 2 rings (SSSR count). The Labute approximate surface area is 102 Å². The molecule has 1 saturated heterocycles. The Hall–Kier alpha value is -1.69. The van der Waals surface area contributed by atoms with Crippen molar-refractivity contribution in [3.8, 4) is 0 Å². The topological polar surface area (TPSA) is 74.7 Å². The Morgan fingerprint density at radius 2 is 2.18 bits per heavy atom. The number of nitrogens with zero attached hydrogens (tertiary/aromatic N) is 1. The lowest BCUT2D eigenvalue weighted by Gasteiger charge is -2.19. The van der Waals surface area contributed by atoms with Crippen LogP contribution >= 0.6 is 11.3 Å². The molecule has 0 aromatic carbocycles. The largest absolute Gasteiger partial charge is 0.480 e. The molecule has 17 heavy (non-hydrogen) atoms. The number of aliphatic carboxylic acids is 1. The van der Waals surface area contributed by atoms with Gasteiger partial charge in [0.1, 0.15) is 6.04 Å². The van der Waals surface area contributed by atoms with E-state index in [0.29, 0.717) is 24.3 Å². The van der Waals surface area contributed by atoms with Crippen molar-refractivity contribution in [3.63, 3.8) is 0 Å². The number of hydrogen-bond donors (Lipinski definition) is 1. The van der Waals surface area contributed by atoms with Crippen LogP contribution in [0.3, 0.4) is 0 Å². The van der Waals surface area contributed by atoms with E-state index < -0.39 is 23.7 Å². The molecule has 6 heteroatoms. The van der Waals surface area contributed by atoms with Crippen LogP contribution in [0.1, 0.15) is 22.5 Å². The summed E-state index contributed by atoms with van der Waals surface area (Å²) in [6, 6.07) is 2.40. The van der Waals surface area contributed by atoms with Gasteiger partial charge in [-0.15, -0.1) is 11.3 Å². The van der Waals surface area contributed by atoms with Crippen molar-refractivity contribution in [2.45, 2.75) is 18.9 Å². The molecule has 0 spiro atoms. The zero-order valence-electron chi connectivity index (χ0n) is 8.96. The monoisotopic (exact) mass is 253 g/mol. The van der Waals surface area contributed by atoms with Crippen LogP contribution < -0.4 is 0 Å². The minimum atomic E-state index is -1.05. The number of hydrogen-bond acceptors (Lipinski definition) is 4. The van der Waals surface area contributed by atoms with Gasteiger partial charge in [-0.1, -0.05) is 6.07 Å². The molecule has 1 atom stereocenters. The van der Waals surface area contributed by atoms with Crippen molar-refractivity contribution in [1.29, 1.82) is 0 Å². The van der Waals surface area contributed by atoms with E-state index in [2.05, 4.69) is 0 Å². The molecule has 0 unspecified atom stereocenters. The molecular formula is C11H11NO4S. The van der Waals surface area contributed by atoms with Crippen LogP contribution in [0.25, 0.3) is 0 Å². The molecule has 0 radical (unpaired) electrons. The molecule has 1 aromatic rings. The number of Topliss-reactive ketones (excluding diaryl/α,β-unsaturated/α-hetero) is 1. The maximum Gasteiger partial charge on any atom is 0.326 e. The average molecular weight is 253 g/mol. The van der Waals surface area contributed by atoms with Crippen molar-refractivity contribution in [2.24, 2.45) is 0 Å². The molecule has 1 N–H and O–H groups in total. The average Bonchev–Trinajstić information content (AvgIpc) is 2.97. The molecule has 90 valence electrons. The lowest BCUT2D eigenvalue weighted by atomic mass is 10.2. The first kappa shape index (κ1) is 11.8. The number of ketones is 1. The van der Waals surface area contributed by atoms with Crippen molar-refractivity contribution >= 4 is 29.0 Å². The number of amides is 1. The second-order valence-electron chi connectivity index (χ2n) is 3.80. The number of thiophene rings is 1. The molecule has 1 aromatic heterocycles. The SMILES string of the molecule is O=C(C(=O)N1CCC[C@H]1C(=O)O)c1cccs1. The van der Waals surface area contributed by atoms with Crippen molar-refractivity contribution in [1.82, 2.24) is 4.90 Å². The Morgan fingerprint density at radius 1 is 1.41 bits per heavy atom. The van der Waals surface area contributed by atoms with Gasteiger partial charge in [0.2, 0.25) is 0 Å². The summed E-state index contributed by atoms with van der Waals surface area (Å²) < 4.78 is 0. The smallest absolute Gasteiger partial charge is 0.326 e. The second kappa shape index (κ2) is 4.67. The Bertz CT molecular complexity index is 454. The van der Waals surface area contributed by atoms with Crippen LogP contribution in [0.4, 0.5) is 0 Å². The lowest BCUT2D eigenvalue weighted by molar-refractivity contribution is -0.146. The normalized spacial score (nSPS) is 19.3. The number of rotatable bonds is 3. The maximum absolute atomic E-state index is 11.9. The van der Waals surface area contributed by atoms with Crippen LogP contribution in [0.2, 0.25) is 0 Å². The van der Waals surface area contributed by atoms with Crippen LogP contribution in [-0.4, -0.2) is 40.3 Å². The third kappa shape index (κ3) is 2.21. The van der Waals surface area contributed by atoms with Crippen LogP contribution in [-0.2, 0) is 9.59 Å². The molecule has 1 amide bonds. The van der Waals surface area contributed by atoms with Gasteiger partial charge >= 0.3 is 5.97 Å². The first-order valence-corrected chi connectivity index (χ1v) is 6.11. The van der Waals surface area contributed by atoms with Gasteiger partial charge in [-0.2, -0.15) is 0 Å². The van der Waals surface area contributed by atoms with Gasteiger partial charge in [0, 0.05) is 6.54 Å². The highest BCUT2D eigenvalue weighted by Crippen LogP contribution is 2.20. The Balaban J connectivity index is 2.15. The maximum atomic E-state index is 11.9. The van der Waals surface area contributed by atoms with Crippen LogP contribution in [0, 0.1) is 0 Å². The van der Waals surface area contributed by atoms with E-state index in [1.807, 2.05) is 0 Å². The predicted molar refractivity (Wildman–Crippen MR) is 61.0 cm³/mol. The summed E-state index contributed by atoms with van der Waals surface area (Å²) in [5, 5.41) is 10.6. The van der Waals surface area contributed by atoms with Gasteiger partial charge in [-0.25, -0.2) is 4.79 Å². The molecule has 5 nitrogen and oxygen atoms in total. The van der Waals surface area contributed by atoms with E-state index in [1.165, 1.54) is 11.3 Å². The predicted octanol–water partition coefficient (Wildman–Crippen LogP) is 1.01. The van der Waals surface area contributed by atoms with E-state index in [4.69, 9.17) is 5.11 Å².